The predicted octanol–water partition coefficient (Wildman–Crippen LogP) is -0.903. The molecule has 0 N–H and O–H groups in total. The SMILES string of the molecule is COc1ccc(-c2cc(C)[o+]c(C)c2)cc1.[O-][Cl+3]([O-])([O-])[O-]. The van der Waals surface area contributed by atoms with Gasteiger partial charge in [0.15, 0.2) is 0 Å². The molecule has 0 aliphatic heterocycles. The molecule has 0 unspecified atom stereocenters. The summed E-state index contributed by atoms with van der Waals surface area (Å²) in [6.07, 6.45) is 0. The zero-order valence-corrected chi connectivity index (χ0v) is 12.5. The van der Waals surface area contributed by atoms with Gasteiger partial charge in [0.2, 0.25) is 0 Å². The summed E-state index contributed by atoms with van der Waals surface area (Å²) in [5.74, 6) is 2.72. The molecule has 0 aliphatic rings. The Bertz CT molecular complexity index is 551. The maximum Gasteiger partial charge on any atom is 0.327 e. The van der Waals surface area contributed by atoms with Crippen LogP contribution in [0.1, 0.15) is 11.5 Å². The molecule has 0 saturated heterocycles. The number of ether oxygens (including phenoxy) is 1. The number of benzene rings is 1. The summed E-state index contributed by atoms with van der Waals surface area (Å²) >= 11 is 0. The van der Waals surface area contributed by atoms with Crippen molar-refractivity contribution in [2.45, 2.75) is 13.8 Å². The summed E-state index contributed by atoms with van der Waals surface area (Å²) < 4.78 is 44.6. The Kier molecular flexibility index (Phi) is 6.07. The fraction of sp³-hybridized carbons (Fsp3) is 0.214. The number of aryl methyl sites for hydroxylation is 2. The van der Waals surface area contributed by atoms with Gasteiger partial charge in [-0.2, -0.15) is 0 Å². The van der Waals surface area contributed by atoms with Crippen LogP contribution in [0.25, 0.3) is 11.1 Å². The van der Waals surface area contributed by atoms with Gasteiger partial charge in [0.25, 0.3) is 0 Å². The molecule has 0 radical (unpaired) electrons. The first-order valence-corrected chi connectivity index (χ1v) is 7.10. The first-order valence-electron chi connectivity index (χ1n) is 5.86. The van der Waals surface area contributed by atoms with Crippen molar-refractivity contribution in [2.24, 2.45) is 0 Å². The summed E-state index contributed by atoms with van der Waals surface area (Å²) in [5, 5.41) is 0. The summed E-state index contributed by atoms with van der Waals surface area (Å²) in [6.45, 7) is 3.92. The second kappa shape index (κ2) is 7.35. The predicted molar refractivity (Wildman–Crippen MR) is 64.6 cm³/mol. The molecule has 0 fully saturated rings. The van der Waals surface area contributed by atoms with E-state index in [1.54, 1.807) is 7.11 Å². The minimum absolute atomic E-state index is 0.873. The van der Waals surface area contributed by atoms with E-state index in [1.807, 2.05) is 50.2 Å². The van der Waals surface area contributed by atoms with Gasteiger partial charge in [-0.15, -0.1) is 10.2 Å². The van der Waals surface area contributed by atoms with Crippen molar-refractivity contribution in [1.82, 2.24) is 0 Å². The zero-order chi connectivity index (χ0) is 16.0. The molecule has 7 heteroatoms. The first kappa shape index (κ1) is 17.4. The number of hydrogen-bond donors (Lipinski definition) is 0. The van der Waals surface area contributed by atoms with E-state index < -0.39 is 10.2 Å². The lowest BCUT2D eigenvalue weighted by molar-refractivity contribution is -2.00. The second-order valence-electron chi connectivity index (χ2n) is 4.17. The first-order chi connectivity index (χ1) is 9.69. The molecule has 0 spiro atoms. The molecule has 6 nitrogen and oxygen atoms in total. The van der Waals surface area contributed by atoms with Crippen molar-refractivity contribution in [2.75, 3.05) is 7.11 Å². The molecular formula is C14H15ClO6. The molecule has 114 valence electrons. The Morgan fingerprint density at radius 2 is 1.29 bits per heavy atom. The lowest BCUT2D eigenvalue weighted by atomic mass is 10.1. The van der Waals surface area contributed by atoms with E-state index >= 15 is 0 Å². The Morgan fingerprint density at radius 1 is 0.857 bits per heavy atom. The molecule has 1 aromatic heterocycles. The lowest BCUT2D eigenvalue weighted by Gasteiger charge is -2.17. The molecule has 1 heterocycles. The van der Waals surface area contributed by atoms with Crippen LogP contribution in [-0.4, -0.2) is 7.11 Å². The van der Waals surface area contributed by atoms with Crippen LogP contribution in [0.5, 0.6) is 5.75 Å². The Balaban J connectivity index is 0.000000383. The Labute approximate surface area is 124 Å². The highest BCUT2D eigenvalue weighted by molar-refractivity contribution is 5.64. The molecular weight excluding hydrogens is 300 g/mol. The molecule has 0 aliphatic carbocycles. The molecule has 0 saturated carbocycles. The number of hydrogen-bond acceptors (Lipinski definition) is 5. The standard InChI is InChI=1S/C14H15O2.ClHO4/c1-10-8-13(9-11(2)16-10)12-4-6-14(15-3)7-5-12;2-1(3,4)5/h4-9H,1-3H3;(H,2,3,4,5)/q+1;/p-1. The van der Waals surface area contributed by atoms with Crippen LogP contribution < -0.4 is 23.4 Å². The zero-order valence-electron chi connectivity index (χ0n) is 11.8. The Morgan fingerprint density at radius 3 is 1.67 bits per heavy atom. The molecule has 2 aromatic rings. The number of rotatable bonds is 2. The summed E-state index contributed by atoms with van der Waals surface area (Å²) in [6, 6.07) is 12.1. The highest BCUT2D eigenvalue weighted by Crippen LogP contribution is 2.24. The third-order valence-electron chi connectivity index (χ3n) is 2.46. The van der Waals surface area contributed by atoms with Gasteiger partial charge in [-0.05, 0) is 23.3 Å². The van der Waals surface area contributed by atoms with E-state index in [2.05, 4.69) is 0 Å². The van der Waals surface area contributed by atoms with Crippen LogP contribution in [0.2, 0.25) is 0 Å². The Hall–Kier alpha value is -1.70. The van der Waals surface area contributed by atoms with Crippen LogP contribution in [0.4, 0.5) is 0 Å². The quantitative estimate of drug-likeness (QED) is 0.664. The topological polar surface area (TPSA) is 113 Å². The highest BCUT2D eigenvalue weighted by Gasteiger charge is 2.09. The normalized spacial score (nSPS) is 10.6. The highest BCUT2D eigenvalue weighted by atomic mass is 35.7. The van der Waals surface area contributed by atoms with Gasteiger partial charge >= 0.3 is 11.5 Å². The third-order valence-corrected chi connectivity index (χ3v) is 2.46. The van der Waals surface area contributed by atoms with Gasteiger partial charge in [-0.3, -0.25) is 0 Å². The molecule has 21 heavy (non-hydrogen) atoms. The monoisotopic (exact) mass is 314 g/mol. The van der Waals surface area contributed by atoms with E-state index in [9.17, 15) is 0 Å². The van der Waals surface area contributed by atoms with E-state index in [0.717, 1.165) is 17.3 Å². The third kappa shape index (κ3) is 7.03. The van der Waals surface area contributed by atoms with Gasteiger partial charge in [-0.25, -0.2) is 23.1 Å². The summed E-state index contributed by atoms with van der Waals surface area (Å²) in [5.41, 5.74) is 2.34. The van der Waals surface area contributed by atoms with E-state index in [4.69, 9.17) is 27.8 Å². The average molecular weight is 315 g/mol. The average Bonchev–Trinajstić information content (AvgIpc) is 2.36. The maximum absolute atomic E-state index is 8.49. The second-order valence-corrected chi connectivity index (χ2v) is 4.93. The summed E-state index contributed by atoms with van der Waals surface area (Å²) in [4.78, 5) is 0. The van der Waals surface area contributed by atoms with E-state index in [1.165, 1.54) is 11.1 Å². The van der Waals surface area contributed by atoms with Crippen molar-refractivity contribution >= 4 is 0 Å². The largest absolute Gasteiger partial charge is 0.497 e. The van der Waals surface area contributed by atoms with Crippen LogP contribution in [0.3, 0.4) is 0 Å². The van der Waals surface area contributed by atoms with Crippen LogP contribution >= 0.6 is 0 Å². The van der Waals surface area contributed by atoms with Crippen molar-refractivity contribution in [3.8, 4) is 16.9 Å². The maximum atomic E-state index is 8.49. The van der Waals surface area contributed by atoms with Crippen molar-refractivity contribution in [3.63, 3.8) is 0 Å². The lowest BCUT2D eigenvalue weighted by Crippen LogP contribution is -2.68. The van der Waals surface area contributed by atoms with Crippen LogP contribution in [-0.2, 0) is 0 Å². The fourth-order valence-corrected chi connectivity index (χ4v) is 1.74. The number of methoxy groups -OCH3 is 1. The molecule has 1 aromatic carbocycles. The van der Waals surface area contributed by atoms with Gasteiger partial charge < -0.3 is 4.74 Å². The minimum Gasteiger partial charge on any atom is -0.497 e. The molecule has 0 atom stereocenters. The van der Waals surface area contributed by atoms with Gasteiger partial charge in [0, 0.05) is 12.1 Å². The molecule has 2 rings (SSSR count). The van der Waals surface area contributed by atoms with E-state index in [-0.39, 0.29) is 0 Å². The van der Waals surface area contributed by atoms with Crippen LogP contribution in [0.15, 0.2) is 40.8 Å². The van der Waals surface area contributed by atoms with Crippen molar-refractivity contribution in [1.29, 1.82) is 0 Å². The minimum atomic E-state index is -4.94. The van der Waals surface area contributed by atoms with Gasteiger partial charge in [-0.1, -0.05) is 12.1 Å². The van der Waals surface area contributed by atoms with E-state index in [0.29, 0.717) is 0 Å². The summed E-state index contributed by atoms with van der Waals surface area (Å²) in [7, 11) is -3.27. The fourth-order valence-electron chi connectivity index (χ4n) is 1.74. The van der Waals surface area contributed by atoms with Crippen LogP contribution in [0, 0.1) is 24.1 Å². The molecule has 0 bridgehead atoms. The van der Waals surface area contributed by atoms with Crippen molar-refractivity contribution < 1.29 is 38.0 Å². The van der Waals surface area contributed by atoms with Crippen molar-refractivity contribution in [3.05, 3.63) is 47.9 Å². The van der Waals surface area contributed by atoms with Gasteiger partial charge in [0.1, 0.15) is 5.75 Å². The molecule has 0 amide bonds. The smallest absolute Gasteiger partial charge is 0.327 e. The number of halogens is 1. The van der Waals surface area contributed by atoms with Gasteiger partial charge in [0.05, 0.1) is 21.0 Å².